The Bertz CT molecular complexity index is 563. The van der Waals surface area contributed by atoms with Crippen LogP contribution in [0.2, 0.25) is 0 Å². The van der Waals surface area contributed by atoms with Crippen molar-refractivity contribution in [1.82, 2.24) is 10.6 Å². The topological polar surface area (TPSA) is 79.8 Å². The minimum Gasteiger partial charge on any atom is -0.379 e. The molecule has 0 spiro atoms. The molecule has 0 aromatic carbocycles. The summed E-state index contributed by atoms with van der Waals surface area (Å²) in [6.45, 7) is 6.93. The Balaban J connectivity index is 0.00000529. The molecule has 1 aromatic rings. The standard InChI is InChI=1S/C15H27N3O3S2.HI/c1-4-16-15(17-7-8-21-9-11-23(3,19)20)18-12-13(2)14-6-5-10-22-14;/h5-6,10,13H,4,7-9,11-12H2,1-3H3,(H2,16,17,18);1H. The van der Waals surface area contributed by atoms with Gasteiger partial charge in [0.15, 0.2) is 5.96 Å². The van der Waals surface area contributed by atoms with Crippen molar-refractivity contribution in [2.24, 2.45) is 4.99 Å². The van der Waals surface area contributed by atoms with Gasteiger partial charge in [0.1, 0.15) is 9.84 Å². The van der Waals surface area contributed by atoms with E-state index >= 15 is 0 Å². The molecule has 140 valence electrons. The lowest BCUT2D eigenvalue weighted by molar-refractivity contribution is 0.154. The second-order valence-electron chi connectivity index (χ2n) is 5.31. The molecular formula is C15H28IN3O3S2. The molecule has 0 aliphatic rings. The lowest BCUT2D eigenvalue weighted by Gasteiger charge is -2.13. The number of halogens is 1. The zero-order valence-electron chi connectivity index (χ0n) is 14.4. The molecule has 1 heterocycles. The number of nitrogens with zero attached hydrogens (tertiary/aromatic N) is 1. The van der Waals surface area contributed by atoms with Gasteiger partial charge in [0, 0.05) is 30.1 Å². The highest BCUT2D eigenvalue weighted by Gasteiger charge is 2.06. The molecule has 0 fully saturated rings. The van der Waals surface area contributed by atoms with E-state index in [1.165, 1.54) is 11.1 Å². The summed E-state index contributed by atoms with van der Waals surface area (Å²) in [5.74, 6) is 1.19. The summed E-state index contributed by atoms with van der Waals surface area (Å²) in [4.78, 5) is 5.90. The number of thiophene rings is 1. The average molecular weight is 489 g/mol. The van der Waals surface area contributed by atoms with Crippen LogP contribution in [0.25, 0.3) is 0 Å². The lowest BCUT2D eigenvalue weighted by atomic mass is 10.1. The zero-order valence-corrected chi connectivity index (χ0v) is 18.4. The Hall–Kier alpha value is -0.390. The molecule has 0 radical (unpaired) electrons. The van der Waals surface area contributed by atoms with Gasteiger partial charge in [0.25, 0.3) is 0 Å². The SMILES string of the molecule is CCNC(=NCC(C)c1cccs1)NCCOCCS(C)(=O)=O.I. The number of guanidine groups is 1. The summed E-state index contributed by atoms with van der Waals surface area (Å²) < 4.78 is 27.3. The van der Waals surface area contributed by atoms with Crippen molar-refractivity contribution in [1.29, 1.82) is 0 Å². The van der Waals surface area contributed by atoms with Gasteiger partial charge in [0.05, 0.1) is 25.5 Å². The van der Waals surface area contributed by atoms with Crippen LogP contribution in [0.4, 0.5) is 0 Å². The molecule has 2 N–H and O–H groups in total. The van der Waals surface area contributed by atoms with E-state index in [1.54, 1.807) is 11.3 Å². The van der Waals surface area contributed by atoms with E-state index in [0.29, 0.717) is 25.6 Å². The van der Waals surface area contributed by atoms with Gasteiger partial charge in [0.2, 0.25) is 0 Å². The molecule has 6 nitrogen and oxygen atoms in total. The Morgan fingerprint density at radius 1 is 1.38 bits per heavy atom. The summed E-state index contributed by atoms with van der Waals surface area (Å²) in [5, 5.41) is 8.45. The molecule has 0 bridgehead atoms. The molecule has 0 saturated heterocycles. The fourth-order valence-electron chi connectivity index (χ4n) is 1.79. The van der Waals surface area contributed by atoms with E-state index in [2.05, 4.69) is 40.1 Å². The maximum atomic E-state index is 11.0. The van der Waals surface area contributed by atoms with Crippen LogP contribution in [-0.2, 0) is 14.6 Å². The minimum absolute atomic E-state index is 0. The van der Waals surface area contributed by atoms with Crippen LogP contribution in [0, 0.1) is 0 Å². The van der Waals surface area contributed by atoms with E-state index in [-0.39, 0.29) is 36.3 Å². The lowest BCUT2D eigenvalue weighted by Crippen LogP contribution is -2.39. The van der Waals surface area contributed by atoms with Crippen LogP contribution in [0.1, 0.15) is 24.6 Å². The quantitative estimate of drug-likeness (QED) is 0.228. The van der Waals surface area contributed by atoms with E-state index in [9.17, 15) is 8.42 Å². The predicted molar refractivity (Wildman–Crippen MR) is 113 cm³/mol. The summed E-state index contributed by atoms with van der Waals surface area (Å²) in [6.07, 6.45) is 1.21. The normalized spacial score (nSPS) is 13.2. The first-order valence-electron chi connectivity index (χ1n) is 7.73. The summed E-state index contributed by atoms with van der Waals surface area (Å²) in [7, 11) is -2.96. The summed E-state index contributed by atoms with van der Waals surface area (Å²) in [6, 6.07) is 4.18. The molecule has 1 atom stereocenters. The third-order valence-corrected chi connectivity index (χ3v) is 5.05. The van der Waals surface area contributed by atoms with Crippen molar-refractivity contribution in [3.05, 3.63) is 22.4 Å². The third-order valence-electron chi connectivity index (χ3n) is 3.03. The van der Waals surface area contributed by atoms with Crippen molar-refractivity contribution >= 4 is 51.1 Å². The average Bonchev–Trinajstić information content (AvgIpc) is 3.01. The van der Waals surface area contributed by atoms with Crippen molar-refractivity contribution in [3.63, 3.8) is 0 Å². The number of hydrogen-bond acceptors (Lipinski definition) is 5. The van der Waals surface area contributed by atoms with Crippen LogP contribution in [0.3, 0.4) is 0 Å². The first-order chi connectivity index (χ1) is 10.9. The van der Waals surface area contributed by atoms with Crippen LogP contribution in [0.5, 0.6) is 0 Å². The third kappa shape index (κ3) is 11.2. The first kappa shape index (κ1) is 23.6. The Labute approximate surface area is 166 Å². The Morgan fingerprint density at radius 2 is 2.12 bits per heavy atom. The van der Waals surface area contributed by atoms with Crippen molar-refractivity contribution < 1.29 is 13.2 Å². The number of hydrogen-bond donors (Lipinski definition) is 2. The van der Waals surface area contributed by atoms with Gasteiger partial charge in [-0.1, -0.05) is 13.0 Å². The summed E-state index contributed by atoms with van der Waals surface area (Å²) >= 11 is 1.75. The zero-order chi connectivity index (χ0) is 17.1. The van der Waals surface area contributed by atoms with E-state index < -0.39 is 9.84 Å². The smallest absolute Gasteiger partial charge is 0.191 e. The molecule has 1 aromatic heterocycles. The Kier molecular flexibility index (Phi) is 12.7. The molecule has 24 heavy (non-hydrogen) atoms. The number of rotatable bonds is 10. The van der Waals surface area contributed by atoms with Crippen LogP contribution >= 0.6 is 35.3 Å². The molecule has 0 amide bonds. The van der Waals surface area contributed by atoms with Gasteiger partial charge in [-0.2, -0.15) is 0 Å². The van der Waals surface area contributed by atoms with Crippen molar-refractivity contribution in [2.45, 2.75) is 19.8 Å². The van der Waals surface area contributed by atoms with Gasteiger partial charge in [-0.15, -0.1) is 35.3 Å². The van der Waals surface area contributed by atoms with Crippen molar-refractivity contribution in [3.8, 4) is 0 Å². The predicted octanol–water partition coefficient (Wildman–Crippen LogP) is 2.09. The van der Waals surface area contributed by atoms with Crippen LogP contribution in [0.15, 0.2) is 22.5 Å². The highest BCUT2D eigenvalue weighted by Crippen LogP contribution is 2.20. The molecule has 1 unspecified atom stereocenters. The Morgan fingerprint density at radius 3 is 2.71 bits per heavy atom. The first-order valence-corrected chi connectivity index (χ1v) is 10.7. The molecule has 1 rings (SSSR count). The number of sulfone groups is 1. The second-order valence-corrected chi connectivity index (χ2v) is 8.54. The monoisotopic (exact) mass is 489 g/mol. The number of ether oxygens (including phenoxy) is 1. The number of nitrogens with one attached hydrogen (secondary N) is 2. The van der Waals surface area contributed by atoms with E-state index in [4.69, 9.17) is 4.74 Å². The van der Waals surface area contributed by atoms with Gasteiger partial charge in [-0.3, -0.25) is 4.99 Å². The second kappa shape index (κ2) is 12.9. The van der Waals surface area contributed by atoms with Gasteiger partial charge in [-0.05, 0) is 18.4 Å². The van der Waals surface area contributed by atoms with E-state index in [0.717, 1.165) is 12.5 Å². The molecule has 9 heteroatoms. The fourth-order valence-corrected chi connectivity index (χ4v) is 2.98. The minimum atomic E-state index is -2.96. The van der Waals surface area contributed by atoms with Gasteiger partial charge < -0.3 is 15.4 Å². The highest BCUT2D eigenvalue weighted by atomic mass is 127. The van der Waals surface area contributed by atoms with Gasteiger partial charge in [-0.25, -0.2) is 8.42 Å². The maximum Gasteiger partial charge on any atom is 0.191 e. The molecule has 0 saturated carbocycles. The van der Waals surface area contributed by atoms with Gasteiger partial charge >= 0.3 is 0 Å². The van der Waals surface area contributed by atoms with Crippen LogP contribution in [-0.4, -0.2) is 59.2 Å². The molecule has 0 aliphatic carbocycles. The van der Waals surface area contributed by atoms with Crippen LogP contribution < -0.4 is 10.6 Å². The van der Waals surface area contributed by atoms with Crippen molar-refractivity contribution in [2.75, 3.05) is 44.9 Å². The molecule has 0 aliphatic heterocycles. The number of aliphatic imine (C=N–C) groups is 1. The van der Waals surface area contributed by atoms with E-state index in [1.807, 2.05) is 6.92 Å². The highest BCUT2D eigenvalue weighted by molar-refractivity contribution is 14.0. The molecular weight excluding hydrogens is 461 g/mol. The fraction of sp³-hybridized carbons (Fsp3) is 0.667. The maximum absolute atomic E-state index is 11.0. The summed E-state index contributed by atoms with van der Waals surface area (Å²) in [5.41, 5.74) is 0. The largest absolute Gasteiger partial charge is 0.379 e.